The minimum atomic E-state index is -0.918. The summed E-state index contributed by atoms with van der Waals surface area (Å²) in [5, 5.41) is 3.15. The fraction of sp³-hybridized carbons (Fsp3) is 0.350. The number of hydrogen-bond acceptors (Lipinski definition) is 2. The highest BCUT2D eigenvalue weighted by molar-refractivity contribution is 7.83. The van der Waals surface area contributed by atoms with E-state index in [0.717, 1.165) is 17.5 Å². The predicted octanol–water partition coefficient (Wildman–Crippen LogP) is 4.08. The Morgan fingerprint density at radius 1 is 1.08 bits per heavy atom. The van der Waals surface area contributed by atoms with Crippen molar-refractivity contribution >= 4 is 16.7 Å². The molecular weight excluding hydrogens is 318 g/mol. The number of amides is 1. The first kappa shape index (κ1) is 18.4. The standard InChI is InChI=1S/C20H25NO2S/c1-15(2)12-19(17-9-5-4-6-10-17)21-20(22)18-11-7-8-16(13-18)14-24(3)23/h4-11,13,15,19H,12,14H2,1-3H3,(H,21,22). The monoisotopic (exact) mass is 343 g/mol. The van der Waals surface area contributed by atoms with Crippen LogP contribution in [-0.4, -0.2) is 16.4 Å². The van der Waals surface area contributed by atoms with Gasteiger partial charge in [-0.05, 0) is 35.6 Å². The molecule has 2 rings (SSSR count). The fourth-order valence-electron chi connectivity index (χ4n) is 2.71. The van der Waals surface area contributed by atoms with Gasteiger partial charge in [0.15, 0.2) is 0 Å². The SMILES string of the molecule is CC(C)CC(NC(=O)c1cccc(CS(C)=O)c1)c1ccccc1. The van der Waals surface area contributed by atoms with Crippen LogP contribution in [0.5, 0.6) is 0 Å². The third-order valence-corrected chi connectivity index (χ3v) is 4.51. The molecule has 4 heteroatoms. The van der Waals surface area contributed by atoms with Crippen LogP contribution in [0.2, 0.25) is 0 Å². The molecule has 0 aliphatic carbocycles. The highest BCUT2D eigenvalue weighted by Crippen LogP contribution is 2.22. The van der Waals surface area contributed by atoms with Gasteiger partial charge in [0, 0.05) is 28.4 Å². The van der Waals surface area contributed by atoms with Gasteiger partial charge in [-0.15, -0.1) is 0 Å². The van der Waals surface area contributed by atoms with E-state index in [-0.39, 0.29) is 11.9 Å². The molecule has 24 heavy (non-hydrogen) atoms. The van der Waals surface area contributed by atoms with Crippen molar-refractivity contribution < 1.29 is 9.00 Å². The van der Waals surface area contributed by atoms with Gasteiger partial charge in [-0.2, -0.15) is 0 Å². The van der Waals surface area contributed by atoms with E-state index in [9.17, 15) is 9.00 Å². The number of nitrogens with one attached hydrogen (secondary N) is 1. The molecular formula is C20H25NO2S. The van der Waals surface area contributed by atoms with Crippen molar-refractivity contribution in [2.24, 2.45) is 5.92 Å². The van der Waals surface area contributed by atoms with Gasteiger partial charge >= 0.3 is 0 Å². The van der Waals surface area contributed by atoms with Gasteiger partial charge in [0.2, 0.25) is 0 Å². The topological polar surface area (TPSA) is 46.2 Å². The molecule has 3 nitrogen and oxygen atoms in total. The summed E-state index contributed by atoms with van der Waals surface area (Å²) >= 11 is 0. The maximum atomic E-state index is 12.7. The summed E-state index contributed by atoms with van der Waals surface area (Å²) in [6.45, 7) is 4.30. The average molecular weight is 343 g/mol. The van der Waals surface area contributed by atoms with Gasteiger partial charge in [0.1, 0.15) is 0 Å². The Labute approximate surface area is 146 Å². The Hall–Kier alpha value is -1.94. The molecule has 1 amide bonds. The summed E-state index contributed by atoms with van der Waals surface area (Å²) in [6.07, 6.45) is 2.55. The average Bonchev–Trinajstić information content (AvgIpc) is 2.54. The smallest absolute Gasteiger partial charge is 0.251 e. The summed E-state index contributed by atoms with van der Waals surface area (Å²) in [5.41, 5.74) is 2.65. The largest absolute Gasteiger partial charge is 0.345 e. The minimum absolute atomic E-state index is 0.0114. The van der Waals surface area contributed by atoms with Gasteiger partial charge in [0.25, 0.3) is 5.91 Å². The summed E-state index contributed by atoms with van der Waals surface area (Å²) < 4.78 is 11.4. The lowest BCUT2D eigenvalue weighted by atomic mass is 9.96. The summed E-state index contributed by atoms with van der Waals surface area (Å²) in [5.74, 6) is 0.854. The molecule has 0 aliphatic rings. The fourth-order valence-corrected chi connectivity index (χ4v) is 3.36. The molecule has 2 aromatic carbocycles. The number of rotatable bonds is 7. The summed E-state index contributed by atoms with van der Waals surface area (Å²) in [7, 11) is -0.918. The second-order valence-electron chi connectivity index (χ2n) is 6.48. The number of benzene rings is 2. The molecule has 0 saturated heterocycles. The first-order chi connectivity index (χ1) is 11.5. The third-order valence-electron chi connectivity index (χ3n) is 3.77. The molecule has 128 valence electrons. The van der Waals surface area contributed by atoms with Crippen molar-refractivity contribution in [3.8, 4) is 0 Å². The molecule has 0 radical (unpaired) electrons. The molecule has 0 aromatic heterocycles. The van der Waals surface area contributed by atoms with Crippen LogP contribution < -0.4 is 5.32 Å². The van der Waals surface area contributed by atoms with E-state index in [1.165, 1.54) is 0 Å². The lowest BCUT2D eigenvalue weighted by Gasteiger charge is -2.21. The maximum absolute atomic E-state index is 12.7. The quantitative estimate of drug-likeness (QED) is 0.823. The Bertz CT molecular complexity index is 698. The summed E-state index contributed by atoms with van der Waals surface area (Å²) in [6, 6.07) is 17.4. The lowest BCUT2D eigenvalue weighted by Crippen LogP contribution is -2.29. The van der Waals surface area contributed by atoms with Crippen LogP contribution in [0.25, 0.3) is 0 Å². The molecule has 0 bridgehead atoms. The van der Waals surface area contributed by atoms with Crippen molar-refractivity contribution in [1.82, 2.24) is 5.32 Å². The van der Waals surface area contributed by atoms with Gasteiger partial charge in [-0.25, -0.2) is 0 Å². The number of carbonyl (C=O) groups excluding carboxylic acids is 1. The summed E-state index contributed by atoms with van der Waals surface area (Å²) in [4.78, 5) is 12.7. The zero-order valence-electron chi connectivity index (χ0n) is 14.5. The molecule has 0 saturated carbocycles. The van der Waals surface area contributed by atoms with E-state index in [0.29, 0.717) is 17.2 Å². The van der Waals surface area contributed by atoms with E-state index in [2.05, 4.69) is 19.2 Å². The van der Waals surface area contributed by atoms with Crippen molar-refractivity contribution in [2.45, 2.75) is 32.1 Å². The van der Waals surface area contributed by atoms with Crippen molar-refractivity contribution in [1.29, 1.82) is 0 Å². The molecule has 0 spiro atoms. The maximum Gasteiger partial charge on any atom is 0.251 e. The van der Waals surface area contributed by atoms with E-state index in [1.54, 1.807) is 12.3 Å². The van der Waals surface area contributed by atoms with Crippen LogP contribution >= 0.6 is 0 Å². The molecule has 2 unspecified atom stereocenters. The Balaban J connectivity index is 2.17. The molecule has 2 aromatic rings. The molecule has 0 aliphatic heterocycles. The van der Waals surface area contributed by atoms with Crippen LogP contribution in [0.15, 0.2) is 54.6 Å². The lowest BCUT2D eigenvalue weighted by molar-refractivity contribution is 0.0932. The van der Waals surface area contributed by atoms with E-state index >= 15 is 0 Å². The van der Waals surface area contributed by atoms with Gasteiger partial charge in [-0.3, -0.25) is 9.00 Å². The van der Waals surface area contributed by atoms with Gasteiger partial charge in [-0.1, -0.05) is 56.3 Å². The molecule has 0 heterocycles. The molecule has 2 atom stereocenters. The first-order valence-corrected chi connectivity index (χ1v) is 9.93. The number of carbonyl (C=O) groups is 1. The first-order valence-electron chi connectivity index (χ1n) is 8.20. The zero-order chi connectivity index (χ0) is 17.5. The normalized spacial score (nSPS) is 13.5. The Morgan fingerprint density at radius 3 is 2.42 bits per heavy atom. The van der Waals surface area contributed by atoms with E-state index in [1.807, 2.05) is 48.5 Å². The van der Waals surface area contributed by atoms with Gasteiger partial charge in [0.05, 0.1) is 6.04 Å². The van der Waals surface area contributed by atoms with Crippen LogP contribution in [0, 0.1) is 5.92 Å². The van der Waals surface area contributed by atoms with Crippen molar-refractivity contribution in [2.75, 3.05) is 6.26 Å². The minimum Gasteiger partial charge on any atom is -0.345 e. The second kappa shape index (κ2) is 8.78. The van der Waals surface area contributed by atoms with Crippen molar-refractivity contribution in [3.63, 3.8) is 0 Å². The molecule has 0 fully saturated rings. The van der Waals surface area contributed by atoms with Crippen LogP contribution in [-0.2, 0) is 16.6 Å². The zero-order valence-corrected chi connectivity index (χ0v) is 15.3. The highest BCUT2D eigenvalue weighted by atomic mass is 32.2. The van der Waals surface area contributed by atoms with E-state index < -0.39 is 10.8 Å². The van der Waals surface area contributed by atoms with Gasteiger partial charge < -0.3 is 5.32 Å². The van der Waals surface area contributed by atoms with Crippen LogP contribution in [0.3, 0.4) is 0 Å². The van der Waals surface area contributed by atoms with Crippen LogP contribution in [0.1, 0.15) is 47.8 Å². The second-order valence-corrected chi connectivity index (χ2v) is 7.92. The highest BCUT2D eigenvalue weighted by Gasteiger charge is 2.17. The third kappa shape index (κ3) is 5.60. The predicted molar refractivity (Wildman–Crippen MR) is 100 cm³/mol. The van der Waals surface area contributed by atoms with Crippen molar-refractivity contribution in [3.05, 3.63) is 71.3 Å². The van der Waals surface area contributed by atoms with Crippen LogP contribution in [0.4, 0.5) is 0 Å². The van der Waals surface area contributed by atoms with E-state index in [4.69, 9.17) is 0 Å². The Morgan fingerprint density at radius 2 is 1.79 bits per heavy atom. The number of hydrogen-bond donors (Lipinski definition) is 1. The Kier molecular flexibility index (Phi) is 6.73. The molecule has 1 N–H and O–H groups in total.